The molecule has 11 heteroatoms. The van der Waals surface area contributed by atoms with Gasteiger partial charge in [-0.25, -0.2) is 14.6 Å². The molecule has 3 aromatic rings. The minimum Gasteiger partial charge on any atom is -0.333 e. The van der Waals surface area contributed by atoms with Gasteiger partial charge in [0.05, 0.1) is 11.2 Å². The topological polar surface area (TPSA) is 84.2 Å². The van der Waals surface area contributed by atoms with Gasteiger partial charge in [-0.15, -0.1) is 11.7 Å². The summed E-state index contributed by atoms with van der Waals surface area (Å²) in [7, 11) is 0. The van der Waals surface area contributed by atoms with Crippen LogP contribution in [-0.4, -0.2) is 66.5 Å². The maximum absolute atomic E-state index is 14.1. The second-order valence-corrected chi connectivity index (χ2v) is 9.14. The molecule has 1 aliphatic rings. The Hall–Kier alpha value is -3.66. The lowest BCUT2D eigenvalue weighted by molar-refractivity contribution is -0.0130. The SMILES string of the molecule is C=CC1(C)CN(C(=O)c2cccc(C(F)(F)CC)n2)CCN1C(=O)c1ncn(-c2cccc(Cl)c2)n1. The molecule has 1 fully saturated rings. The van der Waals surface area contributed by atoms with Crippen molar-refractivity contribution < 1.29 is 18.4 Å². The maximum atomic E-state index is 14.1. The molecule has 4 rings (SSSR count). The van der Waals surface area contributed by atoms with Gasteiger partial charge in [0.25, 0.3) is 17.7 Å². The van der Waals surface area contributed by atoms with E-state index in [1.54, 1.807) is 42.2 Å². The Labute approximate surface area is 212 Å². The van der Waals surface area contributed by atoms with Crippen LogP contribution in [0.3, 0.4) is 0 Å². The highest BCUT2D eigenvalue weighted by Gasteiger charge is 2.42. The van der Waals surface area contributed by atoms with Crippen LogP contribution in [0, 0.1) is 0 Å². The maximum Gasteiger partial charge on any atom is 0.294 e. The number of aromatic nitrogens is 4. The molecule has 1 saturated heterocycles. The average Bonchev–Trinajstić information content (AvgIpc) is 3.38. The molecular weight excluding hydrogens is 490 g/mol. The Morgan fingerprint density at radius 3 is 2.64 bits per heavy atom. The van der Waals surface area contributed by atoms with E-state index < -0.39 is 35.4 Å². The number of carbonyl (C=O) groups is 2. The summed E-state index contributed by atoms with van der Waals surface area (Å²) >= 11 is 6.04. The van der Waals surface area contributed by atoms with Gasteiger partial charge in [-0.1, -0.05) is 36.7 Å². The highest BCUT2D eigenvalue weighted by atomic mass is 35.5. The number of halogens is 3. The minimum absolute atomic E-state index is 0.0148. The number of hydrogen-bond donors (Lipinski definition) is 0. The number of rotatable bonds is 6. The number of pyridine rings is 1. The van der Waals surface area contributed by atoms with E-state index in [1.807, 2.05) is 0 Å². The van der Waals surface area contributed by atoms with Gasteiger partial charge in [0.2, 0.25) is 5.82 Å². The van der Waals surface area contributed by atoms with Crippen molar-refractivity contribution in [1.29, 1.82) is 0 Å². The molecule has 1 unspecified atom stereocenters. The zero-order valence-corrected chi connectivity index (χ0v) is 20.6. The first-order chi connectivity index (χ1) is 17.1. The number of benzene rings is 1. The van der Waals surface area contributed by atoms with Gasteiger partial charge < -0.3 is 9.80 Å². The van der Waals surface area contributed by atoms with Crippen LogP contribution < -0.4 is 0 Å². The number of amides is 2. The lowest BCUT2D eigenvalue weighted by Gasteiger charge is -2.46. The van der Waals surface area contributed by atoms with E-state index in [4.69, 9.17) is 11.6 Å². The second kappa shape index (κ2) is 9.77. The summed E-state index contributed by atoms with van der Waals surface area (Å²) in [5.41, 5.74) is -0.817. The summed E-state index contributed by atoms with van der Waals surface area (Å²) in [6.07, 6.45) is 2.58. The normalized spacial score (nSPS) is 18.2. The number of nitrogens with zero attached hydrogens (tertiary/aromatic N) is 6. The molecule has 1 atom stereocenters. The molecule has 0 saturated carbocycles. The van der Waals surface area contributed by atoms with E-state index >= 15 is 0 Å². The van der Waals surface area contributed by atoms with E-state index in [-0.39, 0.29) is 31.2 Å². The molecule has 188 valence electrons. The highest BCUT2D eigenvalue weighted by Crippen LogP contribution is 2.30. The standard InChI is InChI=1S/C25H25ClF2N6O2/c1-4-24(3)15-32(22(35)19-10-7-11-20(30-19)25(27,28)5-2)12-13-33(24)23(36)21-29-16-34(31-21)18-9-6-8-17(26)14-18/h4,6-11,14,16H,1,5,12-13,15H2,2-3H3. The largest absolute Gasteiger partial charge is 0.333 e. The van der Waals surface area contributed by atoms with Crippen LogP contribution in [0.1, 0.15) is 47.1 Å². The van der Waals surface area contributed by atoms with Crippen LogP contribution in [0.2, 0.25) is 5.02 Å². The highest BCUT2D eigenvalue weighted by molar-refractivity contribution is 6.30. The molecule has 8 nitrogen and oxygen atoms in total. The first-order valence-corrected chi connectivity index (χ1v) is 11.7. The monoisotopic (exact) mass is 514 g/mol. The average molecular weight is 515 g/mol. The predicted molar refractivity (Wildman–Crippen MR) is 130 cm³/mol. The molecule has 0 bridgehead atoms. The fraction of sp³-hybridized carbons (Fsp3) is 0.320. The van der Waals surface area contributed by atoms with E-state index in [1.165, 1.54) is 41.0 Å². The van der Waals surface area contributed by atoms with Crippen LogP contribution in [0.5, 0.6) is 0 Å². The summed E-state index contributed by atoms with van der Waals surface area (Å²) < 4.78 is 29.7. The Kier molecular flexibility index (Phi) is 6.90. The number of hydrogen-bond acceptors (Lipinski definition) is 5. The van der Waals surface area contributed by atoms with Gasteiger partial charge in [0.15, 0.2) is 0 Å². The van der Waals surface area contributed by atoms with Crippen molar-refractivity contribution in [3.63, 3.8) is 0 Å². The Morgan fingerprint density at radius 1 is 1.19 bits per heavy atom. The van der Waals surface area contributed by atoms with Crippen molar-refractivity contribution in [3.8, 4) is 5.69 Å². The van der Waals surface area contributed by atoms with Crippen LogP contribution >= 0.6 is 11.6 Å². The number of piperazine rings is 1. The molecule has 0 radical (unpaired) electrons. The van der Waals surface area contributed by atoms with Gasteiger partial charge in [0, 0.05) is 31.1 Å². The molecule has 2 amide bonds. The van der Waals surface area contributed by atoms with Crippen molar-refractivity contribution in [1.82, 2.24) is 29.5 Å². The number of carbonyl (C=O) groups excluding carboxylic acids is 2. The second-order valence-electron chi connectivity index (χ2n) is 8.70. The van der Waals surface area contributed by atoms with E-state index in [0.717, 1.165) is 0 Å². The Morgan fingerprint density at radius 2 is 1.94 bits per heavy atom. The van der Waals surface area contributed by atoms with Crippen molar-refractivity contribution in [2.24, 2.45) is 0 Å². The van der Waals surface area contributed by atoms with E-state index in [2.05, 4.69) is 21.6 Å². The molecule has 0 aliphatic carbocycles. The quantitative estimate of drug-likeness (QED) is 0.456. The fourth-order valence-corrected chi connectivity index (χ4v) is 4.22. The van der Waals surface area contributed by atoms with Crippen LogP contribution in [0.15, 0.2) is 61.4 Å². The summed E-state index contributed by atoms with van der Waals surface area (Å²) in [6, 6.07) is 11.0. The summed E-state index contributed by atoms with van der Waals surface area (Å²) in [4.78, 5) is 37.6. The van der Waals surface area contributed by atoms with Gasteiger partial charge in [-0.2, -0.15) is 8.78 Å². The summed E-state index contributed by atoms with van der Waals surface area (Å²) in [5, 5.41) is 4.82. The zero-order chi connectivity index (χ0) is 26.1. The van der Waals surface area contributed by atoms with Crippen molar-refractivity contribution in [2.75, 3.05) is 19.6 Å². The van der Waals surface area contributed by atoms with Crippen LogP contribution in [-0.2, 0) is 5.92 Å². The molecule has 36 heavy (non-hydrogen) atoms. The zero-order valence-electron chi connectivity index (χ0n) is 19.9. The smallest absolute Gasteiger partial charge is 0.294 e. The molecule has 0 N–H and O–H groups in total. The molecule has 1 aliphatic heterocycles. The van der Waals surface area contributed by atoms with Crippen LogP contribution in [0.4, 0.5) is 8.78 Å². The Balaban J connectivity index is 1.53. The molecule has 2 aromatic heterocycles. The first kappa shape index (κ1) is 25.4. The predicted octanol–water partition coefficient (Wildman–Crippen LogP) is 4.36. The van der Waals surface area contributed by atoms with Crippen molar-refractivity contribution in [3.05, 3.63) is 83.7 Å². The van der Waals surface area contributed by atoms with Gasteiger partial charge >= 0.3 is 0 Å². The molecule has 3 heterocycles. The third-order valence-corrected chi connectivity index (χ3v) is 6.47. The minimum atomic E-state index is -3.13. The summed E-state index contributed by atoms with van der Waals surface area (Å²) in [5.74, 6) is -4.06. The molecule has 1 aromatic carbocycles. The van der Waals surface area contributed by atoms with Gasteiger partial charge in [-0.05, 0) is 37.3 Å². The van der Waals surface area contributed by atoms with Gasteiger partial charge in [0.1, 0.15) is 17.7 Å². The fourth-order valence-electron chi connectivity index (χ4n) is 4.03. The Bertz CT molecular complexity index is 1310. The van der Waals surface area contributed by atoms with Crippen LogP contribution in [0.25, 0.3) is 5.69 Å². The lowest BCUT2D eigenvalue weighted by Crippen LogP contribution is -2.62. The van der Waals surface area contributed by atoms with Gasteiger partial charge in [-0.3, -0.25) is 9.59 Å². The summed E-state index contributed by atoms with van der Waals surface area (Å²) in [6.45, 7) is 7.44. The first-order valence-electron chi connectivity index (χ1n) is 11.4. The van der Waals surface area contributed by atoms with Crippen molar-refractivity contribution >= 4 is 23.4 Å². The third-order valence-electron chi connectivity index (χ3n) is 6.24. The van der Waals surface area contributed by atoms with Crippen molar-refractivity contribution in [2.45, 2.75) is 31.7 Å². The lowest BCUT2D eigenvalue weighted by atomic mass is 9.95. The number of alkyl halides is 2. The van der Waals surface area contributed by atoms with E-state index in [0.29, 0.717) is 10.7 Å². The molecule has 0 spiro atoms. The third kappa shape index (κ3) is 4.86. The molecular formula is C25H25ClF2N6O2. The van der Waals surface area contributed by atoms with E-state index in [9.17, 15) is 18.4 Å².